The molecule has 1 unspecified atom stereocenters. The molecule has 0 aromatic carbocycles. The maximum absolute atomic E-state index is 11.8. The number of hydrogen-bond donors (Lipinski definition) is 2. The van der Waals surface area contributed by atoms with Gasteiger partial charge in [-0.25, -0.2) is 8.42 Å². The van der Waals surface area contributed by atoms with Crippen molar-refractivity contribution < 1.29 is 18.3 Å². The van der Waals surface area contributed by atoms with Crippen LogP contribution >= 0.6 is 0 Å². The lowest BCUT2D eigenvalue weighted by Crippen LogP contribution is -2.63. The van der Waals surface area contributed by atoms with Crippen molar-refractivity contribution in [2.45, 2.75) is 38.3 Å². The van der Waals surface area contributed by atoms with Crippen LogP contribution in [-0.2, 0) is 14.6 Å². The van der Waals surface area contributed by atoms with Crippen molar-refractivity contribution in [1.82, 2.24) is 10.2 Å². The van der Waals surface area contributed by atoms with E-state index in [2.05, 4.69) is 5.32 Å². The van der Waals surface area contributed by atoms with E-state index in [0.29, 0.717) is 19.6 Å². The normalized spacial score (nSPS) is 26.4. The summed E-state index contributed by atoms with van der Waals surface area (Å²) in [4.78, 5) is 13.8. The molecular weight excluding hydrogens is 280 g/mol. The lowest BCUT2D eigenvalue weighted by molar-refractivity contribution is -0.147. The van der Waals surface area contributed by atoms with Gasteiger partial charge in [-0.15, -0.1) is 0 Å². The number of hydrogen-bond acceptors (Lipinski definition) is 5. The molecule has 0 bridgehead atoms. The number of sulfone groups is 1. The number of carbonyl (C=O) groups is 1. The van der Waals surface area contributed by atoms with Crippen LogP contribution in [0.25, 0.3) is 0 Å². The maximum atomic E-state index is 11.8. The molecular formula is C13H24N2O4S. The first-order chi connectivity index (χ1) is 9.25. The fourth-order valence-electron chi connectivity index (χ4n) is 2.95. The van der Waals surface area contributed by atoms with Crippen LogP contribution < -0.4 is 5.32 Å². The van der Waals surface area contributed by atoms with Gasteiger partial charge in [0, 0.05) is 25.7 Å². The zero-order chi connectivity index (χ0) is 15.0. The largest absolute Gasteiger partial charge is 0.480 e. The number of carboxylic acids is 1. The predicted molar refractivity (Wildman–Crippen MR) is 76.5 cm³/mol. The number of nitrogens with one attached hydrogen (secondary N) is 1. The molecule has 0 radical (unpaired) electrons. The minimum Gasteiger partial charge on any atom is -0.480 e. The third-order valence-corrected chi connectivity index (χ3v) is 5.72. The van der Waals surface area contributed by atoms with E-state index in [0.717, 1.165) is 12.8 Å². The number of aliphatic carboxylic acids is 1. The molecule has 0 spiro atoms. The highest BCUT2D eigenvalue weighted by Gasteiger charge is 2.52. The van der Waals surface area contributed by atoms with Gasteiger partial charge < -0.3 is 5.11 Å². The molecule has 0 amide bonds. The first kappa shape index (κ1) is 15.7. The van der Waals surface area contributed by atoms with Crippen molar-refractivity contribution >= 4 is 15.8 Å². The zero-order valence-corrected chi connectivity index (χ0v) is 12.9. The molecule has 116 valence electrons. The molecule has 1 aliphatic carbocycles. The quantitative estimate of drug-likeness (QED) is 0.715. The lowest BCUT2D eigenvalue weighted by Gasteiger charge is -2.39. The molecule has 0 aromatic rings. The predicted octanol–water partition coefficient (Wildman–Crippen LogP) is -0.0518. The summed E-state index contributed by atoms with van der Waals surface area (Å²) in [5.74, 6) is -0.396. The van der Waals surface area contributed by atoms with Gasteiger partial charge in [-0.1, -0.05) is 0 Å². The number of carboxylic acid groups (broad SMARTS) is 1. The Balaban J connectivity index is 2.10. The molecule has 20 heavy (non-hydrogen) atoms. The highest BCUT2D eigenvalue weighted by atomic mass is 32.2. The lowest BCUT2D eigenvalue weighted by atomic mass is 9.91. The Morgan fingerprint density at radius 1 is 1.35 bits per heavy atom. The fraction of sp³-hybridized carbons (Fsp3) is 0.923. The van der Waals surface area contributed by atoms with Gasteiger partial charge in [0.2, 0.25) is 0 Å². The van der Waals surface area contributed by atoms with Gasteiger partial charge in [-0.3, -0.25) is 15.0 Å². The van der Waals surface area contributed by atoms with E-state index in [1.54, 1.807) is 0 Å². The van der Waals surface area contributed by atoms with Gasteiger partial charge >= 0.3 is 5.97 Å². The van der Waals surface area contributed by atoms with Crippen molar-refractivity contribution in [2.75, 3.05) is 31.1 Å². The Labute approximate surface area is 120 Å². The Bertz CT molecular complexity index is 459. The highest BCUT2D eigenvalue weighted by molar-refractivity contribution is 7.91. The van der Waals surface area contributed by atoms with E-state index < -0.39 is 21.3 Å². The Morgan fingerprint density at radius 3 is 2.30 bits per heavy atom. The van der Waals surface area contributed by atoms with Gasteiger partial charge in [0.05, 0.1) is 11.5 Å². The van der Waals surface area contributed by atoms with Crippen LogP contribution in [-0.4, -0.2) is 67.1 Å². The topological polar surface area (TPSA) is 86.7 Å². The first-order valence-corrected chi connectivity index (χ1v) is 9.01. The third-order valence-electron chi connectivity index (χ3n) is 4.11. The maximum Gasteiger partial charge on any atom is 0.325 e. The van der Waals surface area contributed by atoms with Crippen LogP contribution in [0.5, 0.6) is 0 Å². The molecule has 2 fully saturated rings. The fourth-order valence-corrected chi connectivity index (χ4v) is 4.23. The summed E-state index contributed by atoms with van der Waals surface area (Å²) in [6.45, 7) is 5.15. The zero-order valence-electron chi connectivity index (χ0n) is 12.1. The number of nitrogens with zero attached hydrogens (tertiary/aromatic N) is 1. The van der Waals surface area contributed by atoms with Crippen LogP contribution in [0, 0.1) is 5.92 Å². The summed E-state index contributed by atoms with van der Waals surface area (Å²) < 4.78 is 22.9. The van der Waals surface area contributed by atoms with Crippen molar-refractivity contribution in [3.8, 4) is 0 Å². The second-order valence-electron chi connectivity index (χ2n) is 6.28. The van der Waals surface area contributed by atoms with Crippen LogP contribution in [0.2, 0.25) is 0 Å². The molecule has 2 N–H and O–H groups in total. The second kappa shape index (κ2) is 5.61. The van der Waals surface area contributed by atoms with Crippen LogP contribution in [0.1, 0.15) is 26.7 Å². The van der Waals surface area contributed by atoms with Crippen molar-refractivity contribution in [3.63, 3.8) is 0 Å². The molecule has 0 aromatic heterocycles. The Kier molecular flexibility index (Phi) is 4.41. The van der Waals surface area contributed by atoms with Gasteiger partial charge in [-0.2, -0.15) is 0 Å². The summed E-state index contributed by atoms with van der Waals surface area (Å²) in [6.07, 6.45) is 1.86. The SMILES string of the molecule is CC(C)NC(CN1CCS(=O)(=O)CC1)(C(=O)O)C1CC1. The summed E-state index contributed by atoms with van der Waals surface area (Å²) in [5, 5.41) is 12.9. The van der Waals surface area contributed by atoms with Crippen molar-refractivity contribution in [1.29, 1.82) is 0 Å². The van der Waals surface area contributed by atoms with E-state index in [1.165, 1.54) is 0 Å². The number of rotatable bonds is 6. The molecule has 2 aliphatic rings. The molecule has 6 nitrogen and oxygen atoms in total. The first-order valence-electron chi connectivity index (χ1n) is 7.19. The molecule has 1 heterocycles. The van der Waals surface area contributed by atoms with E-state index in [-0.39, 0.29) is 23.5 Å². The molecule has 1 aliphatic heterocycles. The van der Waals surface area contributed by atoms with Gasteiger partial charge in [0.25, 0.3) is 0 Å². The third kappa shape index (κ3) is 3.51. The standard InChI is InChI=1S/C13H24N2O4S/c1-10(2)14-13(12(16)17,11-3-4-11)9-15-5-7-20(18,19)8-6-15/h10-11,14H,3-9H2,1-2H3,(H,16,17). The van der Waals surface area contributed by atoms with Crippen molar-refractivity contribution in [2.24, 2.45) is 5.92 Å². The smallest absolute Gasteiger partial charge is 0.325 e. The van der Waals surface area contributed by atoms with Crippen LogP contribution in [0.4, 0.5) is 0 Å². The Hall–Kier alpha value is -0.660. The minimum atomic E-state index is -2.93. The van der Waals surface area contributed by atoms with Crippen LogP contribution in [0.3, 0.4) is 0 Å². The van der Waals surface area contributed by atoms with Crippen LogP contribution in [0.15, 0.2) is 0 Å². The summed E-state index contributed by atoms with van der Waals surface area (Å²) >= 11 is 0. The summed E-state index contributed by atoms with van der Waals surface area (Å²) in [7, 11) is -2.93. The van der Waals surface area contributed by atoms with Gasteiger partial charge in [0.1, 0.15) is 5.54 Å². The summed E-state index contributed by atoms with van der Waals surface area (Å²) in [6, 6.07) is 0.0835. The van der Waals surface area contributed by atoms with Gasteiger partial charge in [-0.05, 0) is 32.6 Å². The van der Waals surface area contributed by atoms with E-state index in [9.17, 15) is 18.3 Å². The summed E-state index contributed by atoms with van der Waals surface area (Å²) in [5.41, 5.74) is -0.935. The van der Waals surface area contributed by atoms with Gasteiger partial charge in [0.15, 0.2) is 9.84 Å². The van der Waals surface area contributed by atoms with E-state index >= 15 is 0 Å². The Morgan fingerprint density at radius 2 is 1.90 bits per heavy atom. The minimum absolute atomic E-state index is 0.0835. The monoisotopic (exact) mass is 304 g/mol. The highest BCUT2D eigenvalue weighted by Crippen LogP contribution is 2.41. The molecule has 2 rings (SSSR count). The van der Waals surface area contributed by atoms with E-state index in [4.69, 9.17) is 0 Å². The molecule has 1 saturated heterocycles. The van der Waals surface area contributed by atoms with E-state index in [1.807, 2.05) is 18.7 Å². The second-order valence-corrected chi connectivity index (χ2v) is 8.58. The van der Waals surface area contributed by atoms with Crippen molar-refractivity contribution in [3.05, 3.63) is 0 Å². The molecule has 1 saturated carbocycles. The molecule has 1 atom stereocenters. The molecule has 7 heteroatoms. The average molecular weight is 304 g/mol. The average Bonchev–Trinajstić information content (AvgIpc) is 3.14.